The van der Waals surface area contributed by atoms with Crippen molar-refractivity contribution in [3.63, 3.8) is 0 Å². The lowest BCUT2D eigenvalue weighted by Gasteiger charge is -2.09. The normalized spacial score (nSPS) is 11.4. The lowest BCUT2D eigenvalue weighted by Crippen LogP contribution is -2.16. The van der Waals surface area contributed by atoms with Gasteiger partial charge in [0, 0.05) is 16.3 Å². The second-order valence-corrected chi connectivity index (χ2v) is 8.81. The van der Waals surface area contributed by atoms with Gasteiger partial charge in [-0.3, -0.25) is 4.79 Å². The minimum atomic E-state index is -0.554. The SMILES string of the molecule is CC(C)COC(=O)c1c(-c2cc3ccccc3o2)csc1NC(=O)c1nc2ccccc2o1. The zero-order chi connectivity index (χ0) is 22.9. The third-order valence-corrected chi connectivity index (χ3v) is 5.84. The van der Waals surface area contributed by atoms with Crippen LogP contribution in [0.1, 0.15) is 34.9 Å². The van der Waals surface area contributed by atoms with Crippen molar-refractivity contribution in [2.45, 2.75) is 13.8 Å². The number of furan rings is 1. The molecule has 5 aromatic rings. The third-order valence-electron chi connectivity index (χ3n) is 4.95. The van der Waals surface area contributed by atoms with E-state index < -0.39 is 11.9 Å². The number of para-hydroxylation sites is 3. The van der Waals surface area contributed by atoms with E-state index in [-0.39, 0.29) is 24.0 Å². The lowest BCUT2D eigenvalue weighted by atomic mass is 10.1. The number of aromatic nitrogens is 1. The van der Waals surface area contributed by atoms with Gasteiger partial charge in [-0.25, -0.2) is 9.78 Å². The van der Waals surface area contributed by atoms with Crippen LogP contribution in [0.3, 0.4) is 0 Å². The minimum absolute atomic E-state index is 0.0867. The zero-order valence-corrected chi connectivity index (χ0v) is 18.8. The number of esters is 1. The molecule has 0 radical (unpaired) electrons. The number of nitrogens with zero attached hydrogens (tertiary/aromatic N) is 1. The number of benzene rings is 2. The molecule has 0 aliphatic heterocycles. The van der Waals surface area contributed by atoms with Crippen molar-refractivity contribution in [3.05, 3.63) is 71.4 Å². The van der Waals surface area contributed by atoms with Crippen molar-refractivity contribution in [1.82, 2.24) is 4.98 Å². The number of oxazole rings is 1. The highest BCUT2D eigenvalue weighted by Gasteiger charge is 2.26. The summed E-state index contributed by atoms with van der Waals surface area (Å²) in [6.45, 7) is 4.17. The molecule has 0 fully saturated rings. The minimum Gasteiger partial charge on any atom is -0.462 e. The second-order valence-electron chi connectivity index (χ2n) is 7.94. The Morgan fingerprint density at radius 1 is 1.06 bits per heavy atom. The number of nitrogens with one attached hydrogen (secondary N) is 1. The van der Waals surface area contributed by atoms with E-state index in [1.165, 1.54) is 11.3 Å². The monoisotopic (exact) mass is 460 g/mol. The highest BCUT2D eigenvalue weighted by Crippen LogP contribution is 2.39. The van der Waals surface area contributed by atoms with Crippen LogP contribution >= 0.6 is 11.3 Å². The van der Waals surface area contributed by atoms with Gasteiger partial charge < -0.3 is 18.9 Å². The highest BCUT2D eigenvalue weighted by molar-refractivity contribution is 7.15. The lowest BCUT2D eigenvalue weighted by molar-refractivity contribution is 0.0461. The third kappa shape index (κ3) is 4.12. The summed E-state index contributed by atoms with van der Waals surface area (Å²) in [7, 11) is 0. The van der Waals surface area contributed by atoms with Crippen LogP contribution < -0.4 is 5.32 Å². The van der Waals surface area contributed by atoms with Gasteiger partial charge in [-0.2, -0.15) is 0 Å². The average molecular weight is 461 g/mol. The number of carbonyl (C=O) groups is 2. The number of ether oxygens (including phenoxy) is 1. The summed E-state index contributed by atoms with van der Waals surface area (Å²) in [6, 6.07) is 16.6. The van der Waals surface area contributed by atoms with E-state index in [1.807, 2.05) is 50.2 Å². The van der Waals surface area contributed by atoms with Gasteiger partial charge in [0.15, 0.2) is 5.58 Å². The number of carbonyl (C=O) groups excluding carboxylic acids is 2. The first-order chi connectivity index (χ1) is 16.0. The fourth-order valence-corrected chi connectivity index (χ4v) is 4.32. The van der Waals surface area contributed by atoms with Gasteiger partial charge in [-0.1, -0.05) is 44.2 Å². The first-order valence-electron chi connectivity index (χ1n) is 10.4. The zero-order valence-electron chi connectivity index (χ0n) is 18.0. The van der Waals surface area contributed by atoms with E-state index in [0.717, 1.165) is 5.39 Å². The molecule has 1 N–H and O–H groups in total. The molecule has 2 aromatic carbocycles. The Morgan fingerprint density at radius 3 is 2.58 bits per heavy atom. The molecule has 0 saturated heterocycles. The Hall–Kier alpha value is -3.91. The number of fused-ring (bicyclic) bond motifs is 2. The molecule has 0 bridgehead atoms. The van der Waals surface area contributed by atoms with Crippen molar-refractivity contribution < 1.29 is 23.2 Å². The van der Waals surface area contributed by atoms with Crippen LogP contribution in [0.15, 0.2) is 68.8 Å². The van der Waals surface area contributed by atoms with Crippen LogP contribution in [0.4, 0.5) is 5.00 Å². The predicted molar refractivity (Wildman–Crippen MR) is 127 cm³/mol. The largest absolute Gasteiger partial charge is 0.462 e. The van der Waals surface area contributed by atoms with Crippen molar-refractivity contribution in [3.8, 4) is 11.3 Å². The number of rotatable bonds is 6. The first-order valence-corrected chi connectivity index (χ1v) is 11.3. The van der Waals surface area contributed by atoms with Gasteiger partial charge >= 0.3 is 11.9 Å². The number of hydrogen-bond donors (Lipinski definition) is 1. The smallest absolute Gasteiger partial charge is 0.341 e. The number of hydrogen-bond acceptors (Lipinski definition) is 7. The van der Waals surface area contributed by atoms with E-state index in [0.29, 0.717) is 33.0 Å². The maximum Gasteiger partial charge on any atom is 0.341 e. The first kappa shape index (κ1) is 21.0. The second kappa shape index (κ2) is 8.55. The quantitative estimate of drug-likeness (QED) is 0.296. The van der Waals surface area contributed by atoms with Gasteiger partial charge in [0.25, 0.3) is 5.89 Å². The van der Waals surface area contributed by atoms with Crippen LogP contribution in [-0.2, 0) is 4.74 Å². The van der Waals surface area contributed by atoms with Gasteiger partial charge in [-0.05, 0) is 30.2 Å². The van der Waals surface area contributed by atoms with Crippen molar-refractivity contribution in [2.24, 2.45) is 5.92 Å². The summed E-state index contributed by atoms with van der Waals surface area (Å²) >= 11 is 1.21. The van der Waals surface area contributed by atoms with Gasteiger partial charge in [-0.15, -0.1) is 11.3 Å². The molecular formula is C25H20N2O5S. The van der Waals surface area contributed by atoms with Crippen LogP contribution in [0.5, 0.6) is 0 Å². The molecule has 1 amide bonds. The summed E-state index contributed by atoms with van der Waals surface area (Å²) < 4.78 is 17.0. The molecule has 0 saturated carbocycles. The van der Waals surface area contributed by atoms with E-state index in [1.54, 1.807) is 23.6 Å². The number of anilines is 1. The molecule has 5 rings (SSSR count). The average Bonchev–Trinajstić information content (AvgIpc) is 3.52. The Morgan fingerprint density at radius 2 is 1.82 bits per heavy atom. The molecular weight excluding hydrogens is 440 g/mol. The standard InChI is InChI=1S/C25H20N2O5S/c1-14(2)12-30-25(29)21-16(20-11-15-7-3-5-9-18(15)31-20)13-33-24(21)27-22(28)23-26-17-8-4-6-10-19(17)32-23/h3-11,13-14H,12H2,1-2H3,(H,27,28). The molecule has 0 spiro atoms. The predicted octanol–water partition coefficient (Wildman–Crippen LogP) is 6.37. The highest BCUT2D eigenvalue weighted by atomic mass is 32.1. The van der Waals surface area contributed by atoms with E-state index in [2.05, 4.69) is 10.3 Å². The van der Waals surface area contributed by atoms with Crippen molar-refractivity contribution >= 4 is 50.3 Å². The summed E-state index contributed by atoms with van der Waals surface area (Å²) in [4.78, 5) is 30.2. The molecule has 8 heteroatoms. The van der Waals surface area contributed by atoms with Crippen LogP contribution in [0, 0.1) is 5.92 Å². The van der Waals surface area contributed by atoms with Gasteiger partial charge in [0.05, 0.1) is 6.61 Å². The van der Waals surface area contributed by atoms with Crippen LogP contribution in [0.25, 0.3) is 33.4 Å². The van der Waals surface area contributed by atoms with E-state index in [9.17, 15) is 9.59 Å². The molecule has 166 valence electrons. The Bertz CT molecular complexity index is 1410. The molecule has 0 aliphatic carbocycles. The molecule has 7 nitrogen and oxygen atoms in total. The van der Waals surface area contributed by atoms with Crippen molar-refractivity contribution in [2.75, 3.05) is 11.9 Å². The number of thiophene rings is 1. The Labute approximate surface area is 193 Å². The van der Waals surface area contributed by atoms with Crippen LogP contribution in [0.2, 0.25) is 0 Å². The number of amides is 1. The summed E-state index contributed by atoms with van der Waals surface area (Å²) in [5.74, 6) is -0.488. The molecule has 3 aromatic heterocycles. The van der Waals surface area contributed by atoms with Crippen molar-refractivity contribution in [1.29, 1.82) is 0 Å². The van der Waals surface area contributed by atoms with Gasteiger partial charge in [0.2, 0.25) is 0 Å². The summed E-state index contributed by atoms with van der Waals surface area (Å²) in [5.41, 5.74) is 2.58. The van der Waals surface area contributed by atoms with E-state index in [4.69, 9.17) is 13.6 Å². The molecule has 0 unspecified atom stereocenters. The maximum atomic E-state index is 13.1. The van der Waals surface area contributed by atoms with Crippen LogP contribution in [-0.4, -0.2) is 23.5 Å². The maximum absolute atomic E-state index is 13.1. The van der Waals surface area contributed by atoms with E-state index >= 15 is 0 Å². The Kier molecular flexibility index (Phi) is 5.43. The fourth-order valence-electron chi connectivity index (χ4n) is 3.39. The fraction of sp³-hybridized carbons (Fsp3) is 0.160. The Balaban J connectivity index is 1.52. The molecule has 0 aliphatic rings. The topological polar surface area (TPSA) is 94.6 Å². The summed E-state index contributed by atoms with van der Waals surface area (Å²) in [5, 5.41) is 5.78. The van der Waals surface area contributed by atoms with Gasteiger partial charge in [0.1, 0.15) is 27.4 Å². The summed E-state index contributed by atoms with van der Waals surface area (Å²) in [6.07, 6.45) is 0. The molecule has 3 heterocycles. The molecule has 33 heavy (non-hydrogen) atoms. The molecule has 0 atom stereocenters.